The summed E-state index contributed by atoms with van der Waals surface area (Å²) in [6.45, 7) is 1.99. The Morgan fingerprint density at radius 3 is 2.59 bits per heavy atom. The summed E-state index contributed by atoms with van der Waals surface area (Å²) < 4.78 is 0. The van der Waals surface area contributed by atoms with Crippen molar-refractivity contribution in [2.24, 2.45) is 0 Å². The first-order chi connectivity index (χ1) is 8.29. The fourth-order valence-corrected chi connectivity index (χ4v) is 1.38. The van der Waals surface area contributed by atoms with Crippen molar-refractivity contribution < 1.29 is 9.63 Å². The van der Waals surface area contributed by atoms with Crippen LogP contribution in [0.3, 0.4) is 0 Å². The van der Waals surface area contributed by atoms with Gasteiger partial charge in [-0.1, -0.05) is 0 Å². The average Bonchev–Trinajstić information content (AvgIpc) is 2.37. The molecule has 0 fully saturated rings. The summed E-state index contributed by atoms with van der Waals surface area (Å²) in [7, 11) is 0. The van der Waals surface area contributed by atoms with Gasteiger partial charge in [0.15, 0.2) is 5.75 Å². The van der Waals surface area contributed by atoms with Crippen LogP contribution < -0.4 is 10.3 Å². The van der Waals surface area contributed by atoms with Crippen molar-refractivity contribution in [3.63, 3.8) is 0 Å². The summed E-state index contributed by atoms with van der Waals surface area (Å²) in [5.41, 5.74) is 4.69. The number of nitrogens with zero attached hydrogens (tertiary/aromatic N) is 2. The number of hydroxylamine groups is 1. The van der Waals surface area contributed by atoms with E-state index in [1.165, 1.54) is 0 Å². The van der Waals surface area contributed by atoms with Crippen LogP contribution in [0.4, 0.5) is 0 Å². The first-order valence-electron chi connectivity index (χ1n) is 5.04. The van der Waals surface area contributed by atoms with E-state index in [9.17, 15) is 4.79 Å². The molecule has 86 valence electrons. The standard InChI is InChI=1S/C12H11N3O2/c1-9-2-4-13-11(6-9)12-7-10(3-5-14-12)17-15-8-16/h2-8H,1H3,(H,15,16). The molecule has 2 aromatic rings. The minimum absolute atomic E-state index is 0.463. The molecule has 1 N–H and O–H groups in total. The SMILES string of the molecule is Cc1ccnc(-c2cc(ONC=O)ccn2)c1. The smallest absolute Gasteiger partial charge is 0.239 e. The van der Waals surface area contributed by atoms with Crippen LogP contribution in [0, 0.1) is 6.92 Å². The summed E-state index contributed by atoms with van der Waals surface area (Å²) in [6, 6.07) is 7.20. The van der Waals surface area contributed by atoms with Gasteiger partial charge in [0.05, 0.1) is 11.4 Å². The topological polar surface area (TPSA) is 64.1 Å². The zero-order chi connectivity index (χ0) is 12.1. The molecule has 2 aromatic heterocycles. The number of amides is 1. The molecule has 0 unspecified atom stereocenters. The fourth-order valence-electron chi connectivity index (χ4n) is 1.38. The maximum Gasteiger partial charge on any atom is 0.239 e. The van der Waals surface area contributed by atoms with E-state index in [-0.39, 0.29) is 0 Å². The van der Waals surface area contributed by atoms with E-state index in [1.807, 2.05) is 19.1 Å². The molecule has 0 bridgehead atoms. The third kappa shape index (κ3) is 2.78. The molecule has 0 atom stereocenters. The van der Waals surface area contributed by atoms with E-state index in [2.05, 4.69) is 15.4 Å². The molecule has 2 heterocycles. The lowest BCUT2D eigenvalue weighted by Gasteiger charge is -2.04. The van der Waals surface area contributed by atoms with Gasteiger partial charge in [-0.3, -0.25) is 14.8 Å². The Morgan fingerprint density at radius 1 is 1.18 bits per heavy atom. The molecule has 5 nitrogen and oxygen atoms in total. The molecule has 0 spiro atoms. The van der Waals surface area contributed by atoms with Crippen LogP contribution in [0.5, 0.6) is 5.75 Å². The van der Waals surface area contributed by atoms with Crippen LogP contribution in [0.2, 0.25) is 0 Å². The average molecular weight is 229 g/mol. The van der Waals surface area contributed by atoms with Crippen molar-refractivity contribution in [2.75, 3.05) is 0 Å². The maximum atomic E-state index is 10.1. The predicted molar refractivity (Wildman–Crippen MR) is 62.0 cm³/mol. The molecule has 0 saturated heterocycles. The van der Waals surface area contributed by atoms with Gasteiger partial charge in [-0.05, 0) is 24.6 Å². The Morgan fingerprint density at radius 2 is 1.88 bits per heavy atom. The quantitative estimate of drug-likeness (QED) is 0.637. The second-order valence-electron chi connectivity index (χ2n) is 3.43. The number of aromatic nitrogens is 2. The molecule has 0 saturated carbocycles. The Hall–Kier alpha value is -2.43. The van der Waals surface area contributed by atoms with Crippen molar-refractivity contribution >= 4 is 6.41 Å². The fraction of sp³-hybridized carbons (Fsp3) is 0.0833. The third-order valence-corrected chi connectivity index (χ3v) is 2.13. The van der Waals surface area contributed by atoms with Gasteiger partial charge in [-0.2, -0.15) is 5.48 Å². The lowest BCUT2D eigenvalue weighted by atomic mass is 10.2. The van der Waals surface area contributed by atoms with E-state index < -0.39 is 0 Å². The van der Waals surface area contributed by atoms with Gasteiger partial charge in [-0.15, -0.1) is 0 Å². The van der Waals surface area contributed by atoms with Gasteiger partial charge in [0.25, 0.3) is 0 Å². The first kappa shape index (κ1) is 11.1. The summed E-state index contributed by atoms with van der Waals surface area (Å²) in [5.74, 6) is 0.505. The highest BCUT2D eigenvalue weighted by atomic mass is 16.6. The lowest BCUT2D eigenvalue weighted by molar-refractivity contribution is -0.115. The second kappa shape index (κ2) is 5.07. The van der Waals surface area contributed by atoms with Crippen LogP contribution in [-0.2, 0) is 4.79 Å². The summed E-state index contributed by atoms with van der Waals surface area (Å²) in [6.07, 6.45) is 3.79. The highest BCUT2D eigenvalue weighted by Crippen LogP contribution is 2.19. The van der Waals surface area contributed by atoms with Gasteiger partial charge in [0, 0.05) is 24.5 Å². The van der Waals surface area contributed by atoms with Gasteiger partial charge >= 0.3 is 0 Å². The predicted octanol–water partition coefficient (Wildman–Crippen LogP) is 1.49. The minimum atomic E-state index is 0.463. The van der Waals surface area contributed by atoms with Gasteiger partial charge in [0.1, 0.15) is 0 Å². The Balaban J connectivity index is 2.29. The lowest BCUT2D eigenvalue weighted by Crippen LogP contribution is -2.15. The molecular formula is C12H11N3O2. The zero-order valence-electron chi connectivity index (χ0n) is 9.25. The van der Waals surface area contributed by atoms with Crippen LogP contribution in [0.25, 0.3) is 11.4 Å². The van der Waals surface area contributed by atoms with Crippen molar-refractivity contribution in [1.29, 1.82) is 0 Å². The van der Waals surface area contributed by atoms with Gasteiger partial charge in [-0.25, -0.2) is 0 Å². The summed E-state index contributed by atoms with van der Waals surface area (Å²) >= 11 is 0. The molecular weight excluding hydrogens is 218 g/mol. The highest BCUT2D eigenvalue weighted by Gasteiger charge is 2.03. The molecule has 5 heteroatoms. The number of hydrogen-bond donors (Lipinski definition) is 1. The second-order valence-corrected chi connectivity index (χ2v) is 3.43. The first-order valence-corrected chi connectivity index (χ1v) is 5.04. The van der Waals surface area contributed by atoms with E-state index in [0.29, 0.717) is 17.9 Å². The van der Waals surface area contributed by atoms with E-state index >= 15 is 0 Å². The number of hydrogen-bond acceptors (Lipinski definition) is 4. The molecule has 1 amide bonds. The Kier molecular flexibility index (Phi) is 3.30. The number of rotatable bonds is 4. The monoisotopic (exact) mass is 229 g/mol. The zero-order valence-corrected chi connectivity index (χ0v) is 9.25. The maximum absolute atomic E-state index is 10.1. The third-order valence-electron chi connectivity index (χ3n) is 2.13. The number of carbonyl (C=O) groups is 1. The normalized spacial score (nSPS) is 9.71. The van der Waals surface area contributed by atoms with E-state index in [0.717, 1.165) is 11.3 Å². The number of nitrogens with one attached hydrogen (secondary N) is 1. The highest BCUT2D eigenvalue weighted by molar-refractivity contribution is 5.56. The van der Waals surface area contributed by atoms with Crippen LogP contribution in [0.15, 0.2) is 36.7 Å². The minimum Gasteiger partial charge on any atom is -0.380 e. The van der Waals surface area contributed by atoms with Crippen LogP contribution in [-0.4, -0.2) is 16.4 Å². The van der Waals surface area contributed by atoms with E-state index in [1.54, 1.807) is 24.5 Å². The molecule has 0 aliphatic rings. The van der Waals surface area contributed by atoms with Crippen LogP contribution >= 0.6 is 0 Å². The van der Waals surface area contributed by atoms with Crippen molar-refractivity contribution in [3.8, 4) is 17.1 Å². The molecule has 0 aliphatic carbocycles. The van der Waals surface area contributed by atoms with Gasteiger partial charge in [0.2, 0.25) is 6.41 Å². The van der Waals surface area contributed by atoms with Crippen molar-refractivity contribution in [3.05, 3.63) is 42.2 Å². The largest absolute Gasteiger partial charge is 0.380 e. The Bertz CT molecular complexity index is 529. The molecule has 2 rings (SSSR count). The molecule has 0 aromatic carbocycles. The van der Waals surface area contributed by atoms with Crippen molar-refractivity contribution in [1.82, 2.24) is 15.4 Å². The Labute approximate surface area is 98.4 Å². The molecule has 0 radical (unpaired) electrons. The van der Waals surface area contributed by atoms with Crippen LogP contribution in [0.1, 0.15) is 5.56 Å². The molecule has 17 heavy (non-hydrogen) atoms. The number of aryl methyl sites for hydroxylation is 1. The number of carbonyl (C=O) groups excluding carboxylic acids is 1. The van der Waals surface area contributed by atoms with Crippen molar-refractivity contribution in [2.45, 2.75) is 6.92 Å². The molecule has 0 aliphatic heterocycles. The summed E-state index contributed by atoms with van der Waals surface area (Å²) in [4.78, 5) is 23.5. The summed E-state index contributed by atoms with van der Waals surface area (Å²) in [5, 5.41) is 0. The van der Waals surface area contributed by atoms with Gasteiger partial charge < -0.3 is 4.84 Å². The van der Waals surface area contributed by atoms with E-state index in [4.69, 9.17) is 4.84 Å². The number of pyridine rings is 2.